The molecule has 2 amide bonds. The van der Waals surface area contributed by atoms with E-state index >= 15 is 0 Å². The number of nitrogens with zero attached hydrogens (tertiary/aromatic N) is 2. The molecule has 0 atom stereocenters. The summed E-state index contributed by atoms with van der Waals surface area (Å²) in [5, 5.41) is 0. The molecule has 4 heteroatoms. The number of amides is 2. The molecule has 0 aromatic heterocycles. The Labute approximate surface area is 172 Å². The summed E-state index contributed by atoms with van der Waals surface area (Å²) in [4.78, 5) is 17.0. The maximum Gasteiger partial charge on any atom is 0.333 e. The number of allylic oxidation sites excluding steroid dienone is 1. The van der Waals surface area contributed by atoms with Crippen molar-refractivity contribution in [3.05, 3.63) is 96.1 Å². The highest BCUT2D eigenvalue weighted by molar-refractivity contribution is 6.12. The monoisotopic (exact) mass is 386 g/mol. The first-order valence-electron chi connectivity index (χ1n) is 9.55. The largest absolute Gasteiger partial charge is 0.497 e. The Kier molecular flexibility index (Phi) is 6.35. The average Bonchev–Trinajstić information content (AvgIpc) is 2.77. The Morgan fingerprint density at radius 1 is 0.862 bits per heavy atom. The zero-order valence-corrected chi connectivity index (χ0v) is 17.3. The van der Waals surface area contributed by atoms with Gasteiger partial charge in [-0.3, -0.25) is 9.80 Å². The van der Waals surface area contributed by atoms with Gasteiger partial charge in [0.2, 0.25) is 0 Å². The van der Waals surface area contributed by atoms with E-state index in [4.69, 9.17) is 4.74 Å². The zero-order chi connectivity index (χ0) is 20.8. The van der Waals surface area contributed by atoms with Crippen LogP contribution < -0.4 is 14.5 Å². The second kappa shape index (κ2) is 9.11. The summed E-state index contributed by atoms with van der Waals surface area (Å²) in [5.41, 5.74) is 4.55. The molecule has 148 valence electrons. The molecule has 0 aliphatic rings. The van der Waals surface area contributed by atoms with E-state index in [9.17, 15) is 4.79 Å². The van der Waals surface area contributed by atoms with Crippen LogP contribution in [0.3, 0.4) is 0 Å². The number of anilines is 2. The highest BCUT2D eigenvalue weighted by Gasteiger charge is 2.25. The zero-order valence-electron chi connectivity index (χ0n) is 17.3. The Morgan fingerprint density at radius 3 is 2.00 bits per heavy atom. The van der Waals surface area contributed by atoms with Crippen molar-refractivity contribution < 1.29 is 9.53 Å². The van der Waals surface area contributed by atoms with Gasteiger partial charge in [0.1, 0.15) is 5.75 Å². The van der Waals surface area contributed by atoms with Gasteiger partial charge in [0.15, 0.2) is 0 Å². The van der Waals surface area contributed by atoms with Gasteiger partial charge in [-0.25, -0.2) is 4.79 Å². The van der Waals surface area contributed by atoms with Crippen LogP contribution in [0.5, 0.6) is 5.75 Å². The standard InChI is InChI=1S/C25H26N2O2/c1-5-24(20-9-7-6-8-10-20)27(22-15-17-23(29-4)18-16-22)25(28)26(3)21-13-11-19(2)12-14-21/h5-18H,1-4H3/b24-5-. The molecule has 3 rings (SSSR count). The van der Waals surface area contributed by atoms with Crippen molar-refractivity contribution in [2.24, 2.45) is 0 Å². The van der Waals surface area contributed by atoms with Crippen LogP contribution in [0.1, 0.15) is 18.1 Å². The first-order chi connectivity index (χ1) is 14.0. The molecule has 0 saturated carbocycles. The lowest BCUT2D eigenvalue weighted by atomic mass is 10.1. The van der Waals surface area contributed by atoms with Crippen LogP contribution >= 0.6 is 0 Å². The van der Waals surface area contributed by atoms with Crippen molar-refractivity contribution in [2.45, 2.75) is 13.8 Å². The van der Waals surface area contributed by atoms with E-state index < -0.39 is 0 Å². The summed E-state index contributed by atoms with van der Waals surface area (Å²) in [6.45, 7) is 3.97. The number of aryl methyl sites for hydroxylation is 1. The molecule has 0 aliphatic carbocycles. The highest BCUT2D eigenvalue weighted by Crippen LogP contribution is 2.30. The SMILES string of the molecule is C/C=C(/c1ccccc1)N(C(=O)N(C)c1ccc(C)cc1)c1ccc(OC)cc1. The third-order valence-corrected chi connectivity index (χ3v) is 4.81. The van der Waals surface area contributed by atoms with Gasteiger partial charge >= 0.3 is 6.03 Å². The first kappa shape index (κ1) is 20.2. The number of carbonyl (C=O) groups excluding carboxylic acids is 1. The van der Waals surface area contributed by atoms with Crippen molar-refractivity contribution in [3.63, 3.8) is 0 Å². The highest BCUT2D eigenvalue weighted by atomic mass is 16.5. The van der Waals surface area contributed by atoms with E-state index in [-0.39, 0.29) is 6.03 Å². The van der Waals surface area contributed by atoms with Crippen LogP contribution in [-0.2, 0) is 0 Å². The van der Waals surface area contributed by atoms with Crippen LogP contribution in [-0.4, -0.2) is 20.2 Å². The van der Waals surface area contributed by atoms with Gasteiger partial charge in [0.25, 0.3) is 0 Å². The second-order valence-electron chi connectivity index (χ2n) is 6.75. The average molecular weight is 386 g/mol. The summed E-state index contributed by atoms with van der Waals surface area (Å²) < 4.78 is 5.28. The van der Waals surface area contributed by atoms with Crippen molar-refractivity contribution in [2.75, 3.05) is 24.0 Å². The molecule has 0 fully saturated rings. The minimum atomic E-state index is -0.143. The van der Waals surface area contributed by atoms with Crippen molar-refractivity contribution in [3.8, 4) is 5.75 Å². The van der Waals surface area contributed by atoms with Gasteiger partial charge in [0.05, 0.1) is 18.5 Å². The Morgan fingerprint density at radius 2 is 1.45 bits per heavy atom. The molecule has 29 heavy (non-hydrogen) atoms. The van der Waals surface area contributed by atoms with Crippen LogP contribution in [0.2, 0.25) is 0 Å². The number of ether oxygens (including phenoxy) is 1. The lowest BCUT2D eigenvalue weighted by molar-refractivity contribution is 0.255. The van der Waals surface area contributed by atoms with Crippen LogP contribution in [0.25, 0.3) is 5.70 Å². The fourth-order valence-corrected chi connectivity index (χ4v) is 3.15. The minimum Gasteiger partial charge on any atom is -0.497 e. The topological polar surface area (TPSA) is 32.8 Å². The number of rotatable bonds is 5. The molecule has 0 N–H and O–H groups in total. The molecule has 0 bridgehead atoms. The molecular formula is C25H26N2O2. The normalized spacial score (nSPS) is 11.1. The van der Waals surface area contributed by atoms with E-state index in [2.05, 4.69) is 0 Å². The third-order valence-electron chi connectivity index (χ3n) is 4.81. The first-order valence-corrected chi connectivity index (χ1v) is 9.55. The Balaban J connectivity index is 2.06. The lowest BCUT2D eigenvalue weighted by Crippen LogP contribution is -2.40. The smallest absolute Gasteiger partial charge is 0.333 e. The second-order valence-corrected chi connectivity index (χ2v) is 6.75. The quantitative estimate of drug-likeness (QED) is 0.528. The van der Waals surface area contributed by atoms with E-state index in [1.165, 1.54) is 0 Å². The minimum absolute atomic E-state index is 0.143. The summed E-state index contributed by atoms with van der Waals surface area (Å²) in [7, 11) is 3.42. The summed E-state index contributed by atoms with van der Waals surface area (Å²) in [5.74, 6) is 0.745. The number of hydrogen-bond acceptors (Lipinski definition) is 2. The molecule has 0 spiro atoms. The van der Waals surface area contributed by atoms with Gasteiger partial charge in [-0.1, -0.05) is 54.1 Å². The predicted molar refractivity (Wildman–Crippen MR) is 121 cm³/mol. The molecule has 4 nitrogen and oxygen atoms in total. The van der Waals surface area contributed by atoms with Crippen molar-refractivity contribution in [1.82, 2.24) is 0 Å². The predicted octanol–water partition coefficient (Wildman–Crippen LogP) is 6.13. The molecule has 0 heterocycles. The molecule has 3 aromatic rings. The molecule has 0 aliphatic heterocycles. The van der Waals surface area contributed by atoms with Gasteiger partial charge in [-0.2, -0.15) is 0 Å². The maximum atomic E-state index is 13.6. The molecule has 3 aromatic carbocycles. The van der Waals surface area contributed by atoms with Gasteiger partial charge in [-0.05, 0) is 55.8 Å². The molecule has 0 radical (unpaired) electrons. The van der Waals surface area contributed by atoms with E-state index in [1.54, 1.807) is 24.0 Å². The van der Waals surface area contributed by atoms with Gasteiger partial charge in [-0.15, -0.1) is 0 Å². The van der Waals surface area contributed by atoms with Gasteiger partial charge in [0, 0.05) is 12.7 Å². The number of hydrogen-bond donors (Lipinski definition) is 0. The van der Waals surface area contributed by atoms with E-state index in [1.807, 2.05) is 98.8 Å². The third kappa shape index (κ3) is 4.49. The number of benzene rings is 3. The molecule has 0 saturated heterocycles. The number of methoxy groups -OCH3 is 1. The number of carbonyl (C=O) groups is 1. The Hall–Kier alpha value is -3.53. The fraction of sp³-hybridized carbons (Fsp3) is 0.160. The fourth-order valence-electron chi connectivity index (χ4n) is 3.15. The van der Waals surface area contributed by atoms with Crippen LogP contribution in [0, 0.1) is 6.92 Å². The summed E-state index contributed by atoms with van der Waals surface area (Å²) in [6.07, 6.45) is 1.96. The summed E-state index contributed by atoms with van der Waals surface area (Å²) >= 11 is 0. The van der Waals surface area contributed by atoms with E-state index in [0.717, 1.165) is 33.9 Å². The molecule has 0 unspecified atom stereocenters. The molecular weight excluding hydrogens is 360 g/mol. The Bertz CT molecular complexity index is 978. The van der Waals surface area contributed by atoms with Crippen molar-refractivity contribution in [1.29, 1.82) is 0 Å². The van der Waals surface area contributed by atoms with Crippen molar-refractivity contribution >= 4 is 23.1 Å². The summed E-state index contributed by atoms with van der Waals surface area (Å²) in [6, 6.07) is 25.2. The maximum absolute atomic E-state index is 13.6. The van der Waals surface area contributed by atoms with E-state index in [0.29, 0.717) is 0 Å². The van der Waals surface area contributed by atoms with Crippen LogP contribution in [0.15, 0.2) is 84.9 Å². The van der Waals surface area contributed by atoms with Gasteiger partial charge < -0.3 is 4.74 Å². The van der Waals surface area contributed by atoms with Crippen LogP contribution in [0.4, 0.5) is 16.2 Å². The number of urea groups is 1. The lowest BCUT2D eigenvalue weighted by Gasteiger charge is -2.30.